The molecule has 1 aromatic carbocycles. The van der Waals surface area contributed by atoms with E-state index in [1.807, 2.05) is 0 Å². The number of piperazine rings is 1. The molecule has 4 nitrogen and oxygen atoms in total. The van der Waals surface area contributed by atoms with Crippen molar-refractivity contribution in [2.45, 2.75) is 45.1 Å². The summed E-state index contributed by atoms with van der Waals surface area (Å²) in [5.74, 6) is 1.02. The number of amides is 1. The van der Waals surface area contributed by atoms with Gasteiger partial charge in [-0.1, -0.05) is 31.4 Å². The molecule has 1 saturated heterocycles. The van der Waals surface area contributed by atoms with Crippen LogP contribution in [0.3, 0.4) is 0 Å². The predicted molar refractivity (Wildman–Crippen MR) is 104 cm³/mol. The van der Waals surface area contributed by atoms with Crippen molar-refractivity contribution < 1.29 is 4.79 Å². The molecule has 1 amide bonds. The highest BCUT2D eigenvalue weighted by molar-refractivity contribution is 5.76. The Hall–Kier alpha value is -1.55. The number of nitrogens with zero attached hydrogens (tertiary/aromatic N) is 3. The molecule has 0 unspecified atom stereocenters. The molecule has 2 aliphatic rings. The Balaban J connectivity index is 1.50. The fraction of sp³-hybridized carbons (Fsp3) is 0.667. The lowest BCUT2D eigenvalue weighted by Gasteiger charge is -2.37. The van der Waals surface area contributed by atoms with E-state index in [-0.39, 0.29) is 0 Å². The van der Waals surface area contributed by atoms with Gasteiger partial charge >= 0.3 is 0 Å². The maximum absolute atomic E-state index is 12.6. The molecule has 25 heavy (non-hydrogen) atoms. The fourth-order valence-corrected chi connectivity index (χ4v) is 4.20. The van der Waals surface area contributed by atoms with Crippen LogP contribution in [-0.2, 0) is 11.3 Å². The quantitative estimate of drug-likeness (QED) is 0.820. The number of carbonyl (C=O) groups is 1. The molecule has 0 radical (unpaired) electrons. The lowest BCUT2D eigenvalue weighted by molar-refractivity contribution is -0.132. The first-order valence-corrected chi connectivity index (χ1v) is 9.88. The lowest BCUT2D eigenvalue weighted by atomic mass is 9.86. The first-order chi connectivity index (χ1) is 12.1. The van der Waals surface area contributed by atoms with E-state index in [4.69, 9.17) is 0 Å². The molecule has 3 rings (SSSR count). The summed E-state index contributed by atoms with van der Waals surface area (Å²) in [6.07, 6.45) is 7.27. The molecule has 1 aromatic rings. The van der Waals surface area contributed by atoms with Crippen molar-refractivity contribution in [3.8, 4) is 0 Å². The number of hydrogen-bond acceptors (Lipinski definition) is 3. The van der Waals surface area contributed by atoms with Gasteiger partial charge in [-0.2, -0.15) is 0 Å². The highest BCUT2D eigenvalue weighted by atomic mass is 16.2. The Kier molecular flexibility index (Phi) is 6.35. The first-order valence-electron chi connectivity index (χ1n) is 9.88. The van der Waals surface area contributed by atoms with E-state index in [9.17, 15) is 4.79 Å². The third kappa shape index (κ3) is 5.21. The molecule has 0 aromatic heterocycles. The zero-order valence-electron chi connectivity index (χ0n) is 15.9. The summed E-state index contributed by atoms with van der Waals surface area (Å²) in [5.41, 5.74) is 2.64. The normalized spacial score (nSPS) is 19.5. The van der Waals surface area contributed by atoms with Gasteiger partial charge in [0.15, 0.2) is 0 Å². The smallest absolute Gasteiger partial charge is 0.222 e. The van der Waals surface area contributed by atoms with Gasteiger partial charge in [0.1, 0.15) is 0 Å². The lowest BCUT2D eigenvalue weighted by Crippen LogP contribution is -2.49. The summed E-state index contributed by atoms with van der Waals surface area (Å²) in [5, 5.41) is 0. The fourth-order valence-electron chi connectivity index (χ4n) is 4.20. The van der Waals surface area contributed by atoms with Gasteiger partial charge in [0.05, 0.1) is 0 Å². The van der Waals surface area contributed by atoms with Gasteiger partial charge in [0, 0.05) is 44.8 Å². The molecule has 0 N–H and O–H groups in total. The Morgan fingerprint density at radius 1 is 1.08 bits per heavy atom. The third-order valence-corrected chi connectivity index (χ3v) is 5.59. The summed E-state index contributed by atoms with van der Waals surface area (Å²) in [4.78, 5) is 19.3. The number of benzene rings is 1. The van der Waals surface area contributed by atoms with Crippen molar-refractivity contribution in [1.82, 2.24) is 9.80 Å². The molecule has 0 bridgehead atoms. The van der Waals surface area contributed by atoms with Crippen LogP contribution in [0.1, 0.15) is 44.1 Å². The van der Waals surface area contributed by atoms with E-state index in [0.29, 0.717) is 11.8 Å². The van der Waals surface area contributed by atoms with E-state index in [2.05, 4.69) is 53.1 Å². The van der Waals surface area contributed by atoms with Crippen LogP contribution in [-0.4, -0.2) is 56.0 Å². The maximum Gasteiger partial charge on any atom is 0.222 e. The molecule has 4 heteroatoms. The second kappa shape index (κ2) is 8.70. The second-order valence-electron chi connectivity index (χ2n) is 7.98. The molecule has 1 aliphatic heterocycles. The van der Waals surface area contributed by atoms with Gasteiger partial charge in [-0.3, -0.25) is 4.79 Å². The predicted octanol–water partition coefficient (Wildman–Crippen LogP) is 3.37. The van der Waals surface area contributed by atoms with Gasteiger partial charge in [0.2, 0.25) is 5.91 Å². The molecular formula is C21H33N3O. The SMILES string of the molecule is CN(C)Cc1cccc(N2CCN(C(=O)CC3CCCCC3)CC2)c1. The summed E-state index contributed by atoms with van der Waals surface area (Å²) < 4.78 is 0. The van der Waals surface area contributed by atoms with Gasteiger partial charge in [-0.25, -0.2) is 0 Å². The summed E-state index contributed by atoms with van der Waals surface area (Å²) in [6, 6.07) is 8.82. The zero-order valence-corrected chi connectivity index (χ0v) is 15.9. The monoisotopic (exact) mass is 343 g/mol. The molecule has 1 aliphatic carbocycles. The average molecular weight is 344 g/mol. The Morgan fingerprint density at radius 2 is 1.80 bits per heavy atom. The molecule has 2 fully saturated rings. The summed E-state index contributed by atoms with van der Waals surface area (Å²) >= 11 is 0. The molecule has 1 saturated carbocycles. The Morgan fingerprint density at radius 3 is 2.48 bits per heavy atom. The molecular weight excluding hydrogens is 310 g/mol. The van der Waals surface area contributed by atoms with Gasteiger partial charge < -0.3 is 14.7 Å². The number of anilines is 1. The standard InChI is InChI=1S/C21H33N3O/c1-22(2)17-19-9-6-10-20(15-19)23-11-13-24(14-12-23)21(25)16-18-7-4-3-5-8-18/h6,9-10,15,18H,3-5,7-8,11-14,16-17H2,1-2H3. The van der Waals surface area contributed by atoms with Crippen LogP contribution in [0.5, 0.6) is 0 Å². The topological polar surface area (TPSA) is 26.8 Å². The van der Waals surface area contributed by atoms with Gasteiger partial charge in [0.25, 0.3) is 0 Å². The maximum atomic E-state index is 12.6. The number of carbonyl (C=O) groups excluding carboxylic acids is 1. The molecule has 138 valence electrons. The highest BCUT2D eigenvalue weighted by Crippen LogP contribution is 2.27. The molecule has 0 spiro atoms. The first kappa shape index (κ1) is 18.2. The summed E-state index contributed by atoms with van der Waals surface area (Å²) in [7, 11) is 4.20. The van der Waals surface area contributed by atoms with Crippen LogP contribution in [0.2, 0.25) is 0 Å². The highest BCUT2D eigenvalue weighted by Gasteiger charge is 2.24. The van der Waals surface area contributed by atoms with Crippen molar-refractivity contribution in [2.75, 3.05) is 45.2 Å². The van der Waals surface area contributed by atoms with E-state index >= 15 is 0 Å². The largest absolute Gasteiger partial charge is 0.368 e. The van der Waals surface area contributed by atoms with E-state index in [1.54, 1.807) is 0 Å². The Bertz CT molecular complexity index is 558. The van der Waals surface area contributed by atoms with Crippen molar-refractivity contribution in [3.63, 3.8) is 0 Å². The van der Waals surface area contributed by atoms with Gasteiger partial charge in [-0.15, -0.1) is 0 Å². The van der Waals surface area contributed by atoms with Crippen molar-refractivity contribution in [3.05, 3.63) is 29.8 Å². The molecule has 0 atom stereocenters. The second-order valence-corrected chi connectivity index (χ2v) is 7.98. The third-order valence-electron chi connectivity index (χ3n) is 5.59. The van der Waals surface area contributed by atoms with Crippen LogP contribution in [0.15, 0.2) is 24.3 Å². The number of rotatable bonds is 5. The average Bonchev–Trinajstić information content (AvgIpc) is 2.62. The van der Waals surface area contributed by atoms with Crippen LogP contribution >= 0.6 is 0 Å². The van der Waals surface area contributed by atoms with Gasteiger partial charge in [-0.05, 0) is 50.6 Å². The zero-order chi connectivity index (χ0) is 17.6. The van der Waals surface area contributed by atoms with E-state index in [0.717, 1.165) is 39.1 Å². The van der Waals surface area contributed by atoms with Crippen LogP contribution in [0, 0.1) is 5.92 Å². The van der Waals surface area contributed by atoms with Crippen molar-refractivity contribution in [1.29, 1.82) is 0 Å². The van der Waals surface area contributed by atoms with Crippen molar-refractivity contribution >= 4 is 11.6 Å². The van der Waals surface area contributed by atoms with E-state index in [1.165, 1.54) is 43.4 Å². The minimum atomic E-state index is 0.382. The van der Waals surface area contributed by atoms with Crippen LogP contribution < -0.4 is 4.90 Å². The Labute approximate surface area is 152 Å². The minimum absolute atomic E-state index is 0.382. The van der Waals surface area contributed by atoms with Crippen molar-refractivity contribution in [2.24, 2.45) is 5.92 Å². The minimum Gasteiger partial charge on any atom is -0.368 e. The number of hydrogen-bond donors (Lipinski definition) is 0. The van der Waals surface area contributed by atoms with Crippen LogP contribution in [0.4, 0.5) is 5.69 Å². The molecule has 1 heterocycles. The summed E-state index contributed by atoms with van der Waals surface area (Å²) in [6.45, 7) is 4.59. The van der Waals surface area contributed by atoms with E-state index < -0.39 is 0 Å². The van der Waals surface area contributed by atoms with Crippen LogP contribution in [0.25, 0.3) is 0 Å².